The standard InChI is InChI=1S/C15H17NO2/c17-14-9-5-2-6-12-16(14)15(18)11-10-13-7-3-1-4-8-13/h1,3-4,7-8,10-11H,2,5-6,9,12H2/b11-10+. The Bertz CT molecular complexity index is 451. The first-order chi connectivity index (χ1) is 8.77. The molecule has 0 radical (unpaired) electrons. The Morgan fingerprint density at radius 1 is 1.11 bits per heavy atom. The van der Waals surface area contributed by atoms with Crippen molar-refractivity contribution in [2.24, 2.45) is 0 Å². The molecule has 1 aromatic rings. The minimum atomic E-state index is -0.203. The van der Waals surface area contributed by atoms with Crippen molar-refractivity contribution < 1.29 is 9.59 Å². The van der Waals surface area contributed by atoms with Crippen LogP contribution in [0.4, 0.5) is 0 Å². The summed E-state index contributed by atoms with van der Waals surface area (Å²) in [5, 5.41) is 0. The van der Waals surface area contributed by atoms with Gasteiger partial charge in [0.05, 0.1) is 0 Å². The van der Waals surface area contributed by atoms with Gasteiger partial charge < -0.3 is 0 Å². The molecule has 1 heterocycles. The van der Waals surface area contributed by atoms with Gasteiger partial charge in [-0.1, -0.05) is 36.8 Å². The van der Waals surface area contributed by atoms with Crippen LogP contribution < -0.4 is 0 Å². The lowest BCUT2D eigenvalue weighted by atomic mass is 10.2. The second kappa shape index (κ2) is 6.15. The lowest BCUT2D eigenvalue weighted by Gasteiger charge is -2.15. The Kier molecular flexibility index (Phi) is 4.29. The molecule has 1 aromatic carbocycles. The Morgan fingerprint density at radius 2 is 1.89 bits per heavy atom. The summed E-state index contributed by atoms with van der Waals surface area (Å²) in [4.78, 5) is 25.1. The first kappa shape index (κ1) is 12.6. The number of hydrogen-bond acceptors (Lipinski definition) is 2. The molecule has 18 heavy (non-hydrogen) atoms. The molecule has 1 saturated heterocycles. The minimum Gasteiger partial charge on any atom is -0.279 e. The number of amides is 2. The maximum Gasteiger partial charge on any atom is 0.253 e. The molecule has 0 aliphatic carbocycles. The van der Waals surface area contributed by atoms with Crippen LogP contribution >= 0.6 is 0 Å². The van der Waals surface area contributed by atoms with Crippen molar-refractivity contribution in [3.63, 3.8) is 0 Å². The molecule has 0 bridgehead atoms. The molecule has 0 aromatic heterocycles. The number of carbonyl (C=O) groups excluding carboxylic acids is 2. The number of nitrogens with zero attached hydrogens (tertiary/aromatic N) is 1. The van der Waals surface area contributed by atoms with E-state index >= 15 is 0 Å². The first-order valence-corrected chi connectivity index (χ1v) is 6.35. The van der Waals surface area contributed by atoms with Crippen molar-refractivity contribution in [3.05, 3.63) is 42.0 Å². The highest BCUT2D eigenvalue weighted by Gasteiger charge is 2.20. The second-order valence-corrected chi connectivity index (χ2v) is 4.44. The van der Waals surface area contributed by atoms with Crippen molar-refractivity contribution in [2.45, 2.75) is 25.7 Å². The molecule has 2 rings (SSSR count). The summed E-state index contributed by atoms with van der Waals surface area (Å²) in [5.74, 6) is -0.249. The van der Waals surface area contributed by atoms with E-state index in [1.807, 2.05) is 30.3 Å². The maximum absolute atomic E-state index is 12.0. The smallest absolute Gasteiger partial charge is 0.253 e. The van der Waals surface area contributed by atoms with Crippen molar-refractivity contribution in [1.82, 2.24) is 4.90 Å². The van der Waals surface area contributed by atoms with Crippen LogP contribution in [0.2, 0.25) is 0 Å². The SMILES string of the molecule is O=C(/C=C/c1ccccc1)N1CCCCCC1=O. The van der Waals surface area contributed by atoms with Crippen LogP contribution in [0.15, 0.2) is 36.4 Å². The monoisotopic (exact) mass is 243 g/mol. The summed E-state index contributed by atoms with van der Waals surface area (Å²) in [6, 6.07) is 9.61. The van der Waals surface area contributed by atoms with Gasteiger partial charge in [-0.05, 0) is 24.5 Å². The van der Waals surface area contributed by atoms with Crippen molar-refractivity contribution in [3.8, 4) is 0 Å². The fourth-order valence-electron chi connectivity index (χ4n) is 2.04. The molecular weight excluding hydrogens is 226 g/mol. The zero-order chi connectivity index (χ0) is 12.8. The van der Waals surface area contributed by atoms with Gasteiger partial charge in [0.1, 0.15) is 0 Å². The van der Waals surface area contributed by atoms with Crippen LogP contribution in [0.1, 0.15) is 31.2 Å². The normalized spacial score (nSPS) is 16.9. The molecule has 1 fully saturated rings. The molecule has 1 aliphatic heterocycles. The van der Waals surface area contributed by atoms with E-state index in [-0.39, 0.29) is 11.8 Å². The van der Waals surface area contributed by atoms with Gasteiger partial charge in [0, 0.05) is 19.0 Å². The van der Waals surface area contributed by atoms with E-state index in [1.165, 1.54) is 11.0 Å². The fraction of sp³-hybridized carbons (Fsp3) is 0.333. The number of hydrogen-bond donors (Lipinski definition) is 0. The fourth-order valence-corrected chi connectivity index (χ4v) is 2.04. The first-order valence-electron chi connectivity index (χ1n) is 6.35. The summed E-state index contributed by atoms with van der Waals surface area (Å²) < 4.78 is 0. The van der Waals surface area contributed by atoms with Crippen LogP contribution in [0, 0.1) is 0 Å². The summed E-state index contributed by atoms with van der Waals surface area (Å²) >= 11 is 0. The van der Waals surface area contributed by atoms with Crippen LogP contribution in [-0.4, -0.2) is 23.3 Å². The van der Waals surface area contributed by atoms with E-state index in [0.29, 0.717) is 13.0 Å². The van der Waals surface area contributed by atoms with E-state index in [0.717, 1.165) is 24.8 Å². The molecule has 3 heteroatoms. The average Bonchev–Trinajstić information content (AvgIpc) is 2.62. The highest BCUT2D eigenvalue weighted by molar-refractivity contribution is 6.02. The predicted molar refractivity (Wildman–Crippen MR) is 70.7 cm³/mol. The topological polar surface area (TPSA) is 37.4 Å². The van der Waals surface area contributed by atoms with Crippen LogP contribution in [-0.2, 0) is 9.59 Å². The van der Waals surface area contributed by atoms with Gasteiger partial charge in [-0.3, -0.25) is 14.5 Å². The summed E-state index contributed by atoms with van der Waals surface area (Å²) in [6.07, 6.45) is 6.56. The number of rotatable bonds is 2. The number of carbonyl (C=O) groups is 2. The molecule has 94 valence electrons. The predicted octanol–water partition coefficient (Wildman–Crippen LogP) is 2.63. The van der Waals surface area contributed by atoms with Gasteiger partial charge >= 0.3 is 0 Å². The van der Waals surface area contributed by atoms with Gasteiger partial charge in [0.15, 0.2) is 0 Å². The molecule has 2 amide bonds. The third-order valence-electron chi connectivity index (χ3n) is 3.06. The Hall–Kier alpha value is -1.90. The Morgan fingerprint density at radius 3 is 2.67 bits per heavy atom. The summed E-state index contributed by atoms with van der Waals surface area (Å²) in [6.45, 7) is 0.552. The summed E-state index contributed by atoms with van der Waals surface area (Å²) in [7, 11) is 0. The highest BCUT2D eigenvalue weighted by atomic mass is 16.2. The number of likely N-dealkylation sites (tertiary alicyclic amines) is 1. The van der Waals surface area contributed by atoms with Crippen molar-refractivity contribution in [1.29, 1.82) is 0 Å². The van der Waals surface area contributed by atoms with Gasteiger partial charge in [-0.2, -0.15) is 0 Å². The zero-order valence-electron chi connectivity index (χ0n) is 10.3. The number of benzene rings is 1. The Balaban J connectivity index is 2.02. The molecule has 0 saturated carbocycles. The molecule has 0 N–H and O–H groups in total. The zero-order valence-corrected chi connectivity index (χ0v) is 10.3. The van der Waals surface area contributed by atoms with E-state index in [4.69, 9.17) is 0 Å². The van der Waals surface area contributed by atoms with E-state index < -0.39 is 0 Å². The van der Waals surface area contributed by atoms with Crippen molar-refractivity contribution >= 4 is 17.9 Å². The molecular formula is C15H17NO2. The molecule has 0 unspecified atom stereocenters. The minimum absolute atomic E-state index is 0.0461. The van der Waals surface area contributed by atoms with Gasteiger partial charge in [-0.25, -0.2) is 0 Å². The molecule has 0 spiro atoms. The molecule has 1 aliphatic rings. The van der Waals surface area contributed by atoms with E-state index in [2.05, 4.69) is 0 Å². The van der Waals surface area contributed by atoms with E-state index in [1.54, 1.807) is 6.08 Å². The van der Waals surface area contributed by atoms with Crippen LogP contribution in [0.5, 0.6) is 0 Å². The third kappa shape index (κ3) is 3.29. The van der Waals surface area contributed by atoms with Crippen molar-refractivity contribution in [2.75, 3.05) is 6.54 Å². The van der Waals surface area contributed by atoms with Gasteiger partial charge in [0.25, 0.3) is 5.91 Å². The lowest BCUT2D eigenvalue weighted by Crippen LogP contribution is -2.35. The maximum atomic E-state index is 12.0. The van der Waals surface area contributed by atoms with Gasteiger partial charge in [0.2, 0.25) is 5.91 Å². The number of imide groups is 1. The summed E-state index contributed by atoms with van der Waals surface area (Å²) in [5.41, 5.74) is 0.966. The van der Waals surface area contributed by atoms with Gasteiger partial charge in [-0.15, -0.1) is 0 Å². The Labute approximate surface area is 107 Å². The largest absolute Gasteiger partial charge is 0.279 e. The average molecular weight is 243 g/mol. The lowest BCUT2D eigenvalue weighted by molar-refractivity contribution is -0.141. The second-order valence-electron chi connectivity index (χ2n) is 4.44. The van der Waals surface area contributed by atoms with Crippen LogP contribution in [0.25, 0.3) is 6.08 Å². The quantitative estimate of drug-likeness (QED) is 0.749. The highest BCUT2D eigenvalue weighted by Crippen LogP contribution is 2.12. The van der Waals surface area contributed by atoms with Crippen LogP contribution in [0.3, 0.4) is 0 Å². The molecule has 3 nitrogen and oxygen atoms in total. The van der Waals surface area contributed by atoms with E-state index in [9.17, 15) is 9.59 Å². The molecule has 0 atom stereocenters. The third-order valence-corrected chi connectivity index (χ3v) is 3.06.